The predicted molar refractivity (Wildman–Crippen MR) is 68.0 cm³/mol. The van der Waals surface area contributed by atoms with Crippen LogP contribution in [0.1, 0.15) is 32.6 Å². The fourth-order valence-electron chi connectivity index (χ4n) is 1.85. The molecule has 1 aliphatic rings. The minimum atomic E-state index is 0.269. The fourth-order valence-corrected chi connectivity index (χ4v) is 1.85. The molecule has 1 atom stereocenters. The molecule has 1 aromatic heterocycles. The van der Waals surface area contributed by atoms with Crippen LogP contribution in [0.15, 0.2) is 0 Å². The van der Waals surface area contributed by atoms with E-state index in [4.69, 9.17) is 9.47 Å². The van der Waals surface area contributed by atoms with Gasteiger partial charge in [0.05, 0.1) is 14.2 Å². The van der Waals surface area contributed by atoms with E-state index in [1.807, 2.05) is 0 Å². The fraction of sp³-hybridized carbons (Fsp3) is 0.750. The maximum atomic E-state index is 5.02. The summed E-state index contributed by atoms with van der Waals surface area (Å²) in [6.07, 6.45) is 4.92. The van der Waals surface area contributed by atoms with Crippen LogP contribution >= 0.6 is 0 Å². The number of hydrogen-bond acceptors (Lipinski definition) is 6. The highest BCUT2D eigenvalue weighted by Gasteiger charge is 2.25. The lowest BCUT2D eigenvalue weighted by atomic mass is 10.1. The summed E-state index contributed by atoms with van der Waals surface area (Å²) in [5.74, 6) is 1.39. The zero-order valence-corrected chi connectivity index (χ0v) is 11.1. The van der Waals surface area contributed by atoms with Gasteiger partial charge in [0.25, 0.3) is 0 Å². The molecule has 0 amide bonds. The van der Waals surface area contributed by atoms with E-state index in [2.05, 4.69) is 27.2 Å². The van der Waals surface area contributed by atoms with Crippen LogP contribution in [-0.2, 0) is 0 Å². The number of methoxy groups -OCH3 is 2. The average Bonchev–Trinajstić information content (AvgIpc) is 3.21. The van der Waals surface area contributed by atoms with Gasteiger partial charge in [-0.3, -0.25) is 0 Å². The van der Waals surface area contributed by atoms with Crippen molar-refractivity contribution in [3.8, 4) is 12.0 Å². The van der Waals surface area contributed by atoms with Crippen molar-refractivity contribution >= 4 is 5.95 Å². The molecular formula is C12H20N4O2. The third-order valence-corrected chi connectivity index (χ3v) is 3.10. The molecule has 0 bridgehead atoms. The Morgan fingerprint density at radius 2 is 1.78 bits per heavy atom. The molecule has 0 aromatic carbocycles. The molecule has 100 valence electrons. The highest BCUT2D eigenvalue weighted by molar-refractivity contribution is 5.29. The van der Waals surface area contributed by atoms with E-state index in [9.17, 15) is 0 Å². The second-order valence-corrected chi connectivity index (χ2v) is 4.56. The Bertz CT molecular complexity index is 373. The van der Waals surface area contributed by atoms with Crippen LogP contribution in [0.2, 0.25) is 0 Å². The minimum absolute atomic E-state index is 0.269. The van der Waals surface area contributed by atoms with Gasteiger partial charge in [-0.2, -0.15) is 9.97 Å². The van der Waals surface area contributed by atoms with Crippen molar-refractivity contribution in [2.24, 2.45) is 5.92 Å². The number of aromatic nitrogens is 3. The van der Waals surface area contributed by atoms with Gasteiger partial charge in [0, 0.05) is 6.04 Å². The van der Waals surface area contributed by atoms with Crippen LogP contribution in [0.25, 0.3) is 0 Å². The SMILES string of the molecule is CCC(CC1CC1)Nc1nc(OC)nc(OC)n1. The molecule has 0 saturated heterocycles. The van der Waals surface area contributed by atoms with Gasteiger partial charge in [-0.05, 0) is 18.8 Å². The van der Waals surface area contributed by atoms with E-state index in [0.717, 1.165) is 12.3 Å². The van der Waals surface area contributed by atoms with Crippen molar-refractivity contribution in [2.75, 3.05) is 19.5 Å². The van der Waals surface area contributed by atoms with Gasteiger partial charge in [-0.25, -0.2) is 0 Å². The molecule has 0 spiro atoms. The van der Waals surface area contributed by atoms with Gasteiger partial charge >= 0.3 is 12.0 Å². The monoisotopic (exact) mass is 252 g/mol. The third kappa shape index (κ3) is 3.45. The standard InChI is InChI=1S/C12H20N4O2/c1-4-9(7-8-5-6-8)13-10-14-11(17-2)16-12(15-10)18-3/h8-9H,4-7H2,1-3H3,(H,13,14,15,16). The minimum Gasteiger partial charge on any atom is -0.467 e. The first kappa shape index (κ1) is 12.9. The number of anilines is 1. The van der Waals surface area contributed by atoms with Gasteiger partial charge in [0.1, 0.15) is 0 Å². The van der Waals surface area contributed by atoms with E-state index in [0.29, 0.717) is 12.0 Å². The average molecular weight is 252 g/mol. The van der Waals surface area contributed by atoms with Gasteiger partial charge in [0.2, 0.25) is 5.95 Å². The second kappa shape index (κ2) is 5.84. The molecule has 6 heteroatoms. The highest BCUT2D eigenvalue weighted by Crippen LogP contribution is 2.34. The lowest BCUT2D eigenvalue weighted by Crippen LogP contribution is -2.21. The van der Waals surface area contributed by atoms with Gasteiger partial charge in [0.15, 0.2) is 0 Å². The van der Waals surface area contributed by atoms with Crippen LogP contribution in [-0.4, -0.2) is 35.2 Å². The zero-order valence-electron chi connectivity index (χ0n) is 11.1. The molecule has 1 fully saturated rings. The van der Waals surface area contributed by atoms with E-state index < -0.39 is 0 Å². The second-order valence-electron chi connectivity index (χ2n) is 4.56. The lowest BCUT2D eigenvalue weighted by Gasteiger charge is -2.16. The largest absolute Gasteiger partial charge is 0.467 e. The van der Waals surface area contributed by atoms with Crippen LogP contribution in [0.4, 0.5) is 5.95 Å². The first-order valence-electron chi connectivity index (χ1n) is 6.35. The first-order valence-corrected chi connectivity index (χ1v) is 6.35. The summed E-state index contributed by atoms with van der Waals surface area (Å²) in [7, 11) is 3.06. The predicted octanol–water partition coefficient (Wildman–Crippen LogP) is 1.88. The number of ether oxygens (including phenoxy) is 2. The Morgan fingerprint density at radius 3 is 2.22 bits per heavy atom. The van der Waals surface area contributed by atoms with Gasteiger partial charge in [-0.15, -0.1) is 4.98 Å². The molecule has 18 heavy (non-hydrogen) atoms. The highest BCUT2D eigenvalue weighted by atomic mass is 16.5. The number of nitrogens with zero attached hydrogens (tertiary/aromatic N) is 3. The topological polar surface area (TPSA) is 69.2 Å². The van der Waals surface area contributed by atoms with Crippen molar-refractivity contribution in [1.29, 1.82) is 0 Å². The quantitative estimate of drug-likeness (QED) is 0.799. The van der Waals surface area contributed by atoms with Gasteiger partial charge in [-0.1, -0.05) is 19.8 Å². The van der Waals surface area contributed by atoms with E-state index in [-0.39, 0.29) is 12.0 Å². The van der Waals surface area contributed by atoms with Crippen molar-refractivity contribution in [1.82, 2.24) is 15.0 Å². The van der Waals surface area contributed by atoms with Gasteiger partial charge < -0.3 is 14.8 Å². The summed E-state index contributed by atoms with van der Waals surface area (Å²) in [4.78, 5) is 12.3. The number of rotatable bonds is 7. The maximum Gasteiger partial charge on any atom is 0.324 e. The number of hydrogen-bond donors (Lipinski definition) is 1. The van der Waals surface area contributed by atoms with Crippen molar-refractivity contribution < 1.29 is 9.47 Å². The summed E-state index contributed by atoms with van der Waals surface area (Å²) in [6.45, 7) is 2.16. The van der Waals surface area contributed by atoms with Crippen LogP contribution in [0.5, 0.6) is 12.0 Å². The summed E-state index contributed by atoms with van der Waals surface area (Å²) in [5, 5.41) is 3.33. The van der Waals surface area contributed by atoms with Crippen LogP contribution in [0.3, 0.4) is 0 Å². The summed E-state index contributed by atoms with van der Waals surface area (Å²) >= 11 is 0. The molecule has 2 rings (SSSR count). The van der Waals surface area contributed by atoms with Crippen molar-refractivity contribution in [3.05, 3.63) is 0 Å². The Hall–Kier alpha value is -1.59. The van der Waals surface area contributed by atoms with E-state index in [1.165, 1.54) is 33.5 Å². The molecule has 0 radical (unpaired) electrons. The zero-order chi connectivity index (χ0) is 13.0. The van der Waals surface area contributed by atoms with E-state index in [1.54, 1.807) is 0 Å². The smallest absolute Gasteiger partial charge is 0.324 e. The molecule has 6 nitrogen and oxygen atoms in total. The Kier molecular flexibility index (Phi) is 4.17. The summed E-state index contributed by atoms with van der Waals surface area (Å²) in [6, 6.07) is 0.936. The van der Waals surface area contributed by atoms with Crippen molar-refractivity contribution in [3.63, 3.8) is 0 Å². The van der Waals surface area contributed by atoms with Crippen molar-refractivity contribution in [2.45, 2.75) is 38.6 Å². The molecule has 1 unspecified atom stereocenters. The van der Waals surface area contributed by atoms with E-state index >= 15 is 0 Å². The molecule has 1 aromatic rings. The molecule has 1 heterocycles. The molecule has 0 aliphatic heterocycles. The third-order valence-electron chi connectivity index (χ3n) is 3.10. The molecule has 1 N–H and O–H groups in total. The molecule has 1 saturated carbocycles. The maximum absolute atomic E-state index is 5.02. The normalized spacial score (nSPS) is 16.2. The number of nitrogens with one attached hydrogen (secondary N) is 1. The summed E-state index contributed by atoms with van der Waals surface area (Å²) in [5.41, 5.74) is 0. The Morgan fingerprint density at radius 1 is 1.17 bits per heavy atom. The molecular weight excluding hydrogens is 232 g/mol. The molecule has 1 aliphatic carbocycles. The Balaban J connectivity index is 2.05. The van der Waals surface area contributed by atoms with Crippen LogP contribution < -0.4 is 14.8 Å². The first-order chi connectivity index (χ1) is 8.75. The van der Waals surface area contributed by atoms with Crippen LogP contribution in [0, 0.1) is 5.92 Å². The lowest BCUT2D eigenvalue weighted by molar-refractivity contribution is 0.340. The summed E-state index contributed by atoms with van der Waals surface area (Å²) < 4.78 is 10.0. The Labute approximate surface area is 107 Å².